The average Bonchev–Trinajstić information content (AvgIpc) is 2.31. The summed E-state index contributed by atoms with van der Waals surface area (Å²) < 4.78 is 0.788. The summed E-state index contributed by atoms with van der Waals surface area (Å²) >= 11 is 3.49. The lowest BCUT2D eigenvalue weighted by atomic mass is 9.91. The fourth-order valence-corrected chi connectivity index (χ4v) is 2.65. The molecule has 2 rings (SSSR count). The molecule has 0 aliphatic carbocycles. The molecule has 1 aromatic carbocycles. The molecule has 100 valence electrons. The smallest absolute Gasteiger partial charge is 0.161 e. The molecule has 0 atom stereocenters. The molecule has 19 heavy (non-hydrogen) atoms. The molecule has 0 amide bonds. The van der Waals surface area contributed by atoms with Crippen LogP contribution in [0.25, 0.3) is 11.4 Å². The summed E-state index contributed by atoms with van der Waals surface area (Å²) in [6, 6.07) is 8.12. The summed E-state index contributed by atoms with van der Waals surface area (Å²) in [6.07, 6.45) is 0. The molecule has 2 N–H and O–H groups in total. The minimum atomic E-state index is -0.0888. The molecule has 0 radical (unpaired) electrons. The van der Waals surface area contributed by atoms with Gasteiger partial charge in [0, 0.05) is 11.0 Å². The maximum atomic E-state index is 6.00. The van der Waals surface area contributed by atoms with Gasteiger partial charge in [0.15, 0.2) is 5.82 Å². The molecular weight excluding hydrogens is 302 g/mol. The summed E-state index contributed by atoms with van der Waals surface area (Å²) in [5.41, 5.74) is 9.00. The van der Waals surface area contributed by atoms with Crippen molar-refractivity contribution >= 4 is 21.7 Å². The summed E-state index contributed by atoms with van der Waals surface area (Å²) in [7, 11) is 0. The van der Waals surface area contributed by atoms with Crippen molar-refractivity contribution in [2.75, 3.05) is 5.73 Å². The number of aryl methyl sites for hydroxylation is 1. The van der Waals surface area contributed by atoms with Crippen molar-refractivity contribution in [2.24, 2.45) is 0 Å². The highest BCUT2D eigenvalue weighted by molar-refractivity contribution is 9.10. The molecular formula is C15H18BrN3. The van der Waals surface area contributed by atoms with Gasteiger partial charge in [0.1, 0.15) is 5.82 Å². The van der Waals surface area contributed by atoms with Crippen LogP contribution in [0.3, 0.4) is 0 Å². The number of anilines is 1. The molecule has 0 spiro atoms. The molecule has 1 heterocycles. The maximum Gasteiger partial charge on any atom is 0.161 e. The van der Waals surface area contributed by atoms with Gasteiger partial charge in [-0.05, 0) is 28.9 Å². The Morgan fingerprint density at radius 2 is 1.84 bits per heavy atom. The van der Waals surface area contributed by atoms with Crippen LogP contribution in [-0.2, 0) is 5.41 Å². The third-order valence-electron chi connectivity index (χ3n) is 2.86. The van der Waals surface area contributed by atoms with Crippen molar-refractivity contribution in [3.05, 3.63) is 40.0 Å². The molecule has 2 aromatic rings. The lowest BCUT2D eigenvalue weighted by molar-refractivity contribution is 0.565. The van der Waals surface area contributed by atoms with E-state index in [4.69, 9.17) is 5.73 Å². The van der Waals surface area contributed by atoms with Crippen LogP contribution in [-0.4, -0.2) is 9.97 Å². The molecule has 0 saturated carbocycles. The summed E-state index contributed by atoms with van der Waals surface area (Å²) in [4.78, 5) is 9.06. The van der Waals surface area contributed by atoms with E-state index in [-0.39, 0.29) is 5.41 Å². The quantitative estimate of drug-likeness (QED) is 0.861. The van der Waals surface area contributed by atoms with E-state index in [0.29, 0.717) is 11.6 Å². The maximum absolute atomic E-state index is 6.00. The van der Waals surface area contributed by atoms with Gasteiger partial charge in [-0.1, -0.05) is 44.5 Å². The van der Waals surface area contributed by atoms with E-state index in [1.54, 1.807) is 0 Å². The number of rotatable bonds is 1. The molecule has 0 bridgehead atoms. The Balaban J connectivity index is 2.63. The SMILES string of the molecule is Cc1cccc(-c2nc(N)c(Br)c(C(C)(C)C)n2)c1. The van der Waals surface area contributed by atoms with Crippen molar-refractivity contribution in [3.63, 3.8) is 0 Å². The van der Waals surface area contributed by atoms with Crippen molar-refractivity contribution in [2.45, 2.75) is 33.1 Å². The second kappa shape index (κ2) is 4.93. The number of nitrogens with zero attached hydrogens (tertiary/aromatic N) is 2. The third-order valence-corrected chi connectivity index (χ3v) is 3.65. The fourth-order valence-electron chi connectivity index (χ4n) is 1.87. The van der Waals surface area contributed by atoms with Gasteiger partial charge in [0.2, 0.25) is 0 Å². The largest absolute Gasteiger partial charge is 0.383 e. The van der Waals surface area contributed by atoms with Crippen LogP contribution in [0, 0.1) is 6.92 Å². The van der Waals surface area contributed by atoms with Gasteiger partial charge in [-0.3, -0.25) is 0 Å². The van der Waals surface area contributed by atoms with Crippen molar-refractivity contribution in [3.8, 4) is 11.4 Å². The summed E-state index contributed by atoms with van der Waals surface area (Å²) in [5.74, 6) is 1.16. The highest BCUT2D eigenvalue weighted by Crippen LogP contribution is 2.33. The number of nitrogens with two attached hydrogens (primary N) is 1. The van der Waals surface area contributed by atoms with Crippen molar-refractivity contribution < 1.29 is 0 Å². The molecule has 0 aliphatic heterocycles. The Morgan fingerprint density at radius 1 is 1.16 bits per heavy atom. The molecule has 0 unspecified atom stereocenters. The first-order valence-corrected chi connectivity index (χ1v) is 6.99. The third kappa shape index (κ3) is 2.95. The summed E-state index contributed by atoms with van der Waals surface area (Å²) in [5, 5.41) is 0. The number of nitrogen functional groups attached to an aromatic ring is 1. The van der Waals surface area contributed by atoms with Crippen LogP contribution >= 0.6 is 15.9 Å². The first-order valence-electron chi connectivity index (χ1n) is 6.19. The topological polar surface area (TPSA) is 51.8 Å². The zero-order valence-electron chi connectivity index (χ0n) is 11.7. The zero-order valence-corrected chi connectivity index (χ0v) is 13.2. The van der Waals surface area contributed by atoms with Crippen LogP contribution in [0.2, 0.25) is 0 Å². The van der Waals surface area contributed by atoms with Gasteiger partial charge >= 0.3 is 0 Å². The van der Waals surface area contributed by atoms with Crippen LogP contribution in [0.4, 0.5) is 5.82 Å². The number of halogens is 1. The minimum Gasteiger partial charge on any atom is -0.383 e. The Hall–Kier alpha value is -1.42. The normalized spacial score (nSPS) is 11.6. The monoisotopic (exact) mass is 319 g/mol. The Kier molecular flexibility index (Phi) is 3.63. The van der Waals surface area contributed by atoms with E-state index in [1.807, 2.05) is 12.1 Å². The molecule has 4 heteroatoms. The Bertz CT molecular complexity index is 615. The Labute approximate surface area is 122 Å². The van der Waals surface area contributed by atoms with Crippen molar-refractivity contribution in [1.29, 1.82) is 0 Å². The van der Waals surface area contributed by atoms with Gasteiger partial charge < -0.3 is 5.73 Å². The molecule has 0 aliphatic rings. The lowest BCUT2D eigenvalue weighted by Gasteiger charge is -2.21. The van der Waals surface area contributed by atoms with E-state index < -0.39 is 0 Å². The van der Waals surface area contributed by atoms with Gasteiger partial charge in [0.05, 0.1) is 10.2 Å². The molecule has 0 saturated heterocycles. The Morgan fingerprint density at radius 3 is 2.42 bits per heavy atom. The van der Waals surface area contributed by atoms with Gasteiger partial charge in [-0.2, -0.15) is 0 Å². The van der Waals surface area contributed by atoms with E-state index >= 15 is 0 Å². The number of hydrogen-bond acceptors (Lipinski definition) is 3. The highest BCUT2D eigenvalue weighted by atomic mass is 79.9. The van der Waals surface area contributed by atoms with E-state index in [0.717, 1.165) is 15.7 Å². The van der Waals surface area contributed by atoms with Crippen LogP contribution in [0.15, 0.2) is 28.7 Å². The van der Waals surface area contributed by atoms with Gasteiger partial charge in [-0.15, -0.1) is 0 Å². The highest BCUT2D eigenvalue weighted by Gasteiger charge is 2.22. The predicted molar refractivity (Wildman–Crippen MR) is 83.0 cm³/mol. The number of hydrogen-bond donors (Lipinski definition) is 1. The van der Waals surface area contributed by atoms with Crippen LogP contribution in [0.1, 0.15) is 32.0 Å². The van der Waals surface area contributed by atoms with Gasteiger partial charge in [0.25, 0.3) is 0 Å². The van der Waals surface area contributed by atoms with E-state index in [1.165, 1.54) is 5.56 Å². The van der Waals surface area contributed by atoms with Gasteiger partial charge in [-0.25, -0.2) is 9.97 Å². The first-order chi connectivity index (χ1) is 8.79. The number of aromatic nitrogens is 2. The van der Waals surface area contributed by atoms with Crippen LogP contribution in [0.5, 0.6) is 0 Å². The van der Waals surface area contributed by atoms with Crippen molar-refractivity contribution in [1.82, 2.24) is 9.97 Å². The lowest BCUT2D eigenvalue weighted by Crippen LogP contribution is -2.17. The number of benzene rings is 1. The summed E-state index contributed by atoms with van der Waals surface area (Å²) in [6.45, 7) is 8.38. The first kappa shape index (κ1) is 14.0. The predicted octanol–water partition coefficient (Wildman–Crippen LogP) is 4.09. The minimum absolute atomic E-state index is 0.0888. The van der Waals surface area contributed by atoms with E-state index in [2.05, 4.69) is 65.7 Å². The average molecular weight is 320 g/mol. The second-order valence-corrected chi connectivity index (χ2v) is 6.51. The molecule has 3 nitrogen and oxygen atoms in total. The zero-order chi connectivity index (χ0) is 14.2. The molecule has 1 aromatic heterocycles. The molecule has 0 fully saturated rings. The second-order valence-electron chi connectivity index (χ2n) is 5.71. The van der Waals surface area contributed by atoms with E-state index in [9.17, 15) is 0 Å². The fraction of sp³-hybridized carbons (Fsp3) is 0.333. The van der Waals surface area contributed by atoms with Crippen LogP contribution < -0.4 is 5.73 Å². The standard InChI is InChI=1S/C15H18BrN3/c1-9-6-5-7-10(8-9)14-18-12(15(2,3)4)11(16)13(17)19-14/h5-8H,1-4H3,(H2,17,18,19).